The number of rotatable bonds is 6. The van der Waals surface area contributed by atoms with Crippen LogP contribution in [-0.2, 0) is 24.3 Å². The molecule has 1 N–H and O–H groups in total. The largest absolute Gasteiger partial charge is 0.459 e. The first kappa shape index (κ1) is 21.5. The van der Waals surface area contributed by atoms with Crippen molar-refractivity contribution in [2.45, 2.75) is 63.7 Å². The first-order valence-corrected chi connectivity index (χ1v) is 9.33. The lowest BCUT2D eigenvalue weighted by Gasteiger charge is -2.27. The molecule has 0 aromatic heterocycles. The molecule has 0 amide bonds. The van der Waals surface area contributed by atoms with E-state index in [0.717, 1.165) is 24.3 Å². The monoisotopic (exact) mass is 375 g/mol. The first-order valence-electron chi connectivity index (χ1n) is 7.84. The number of carbonyl (C=O) groups excluding carboxylic acids is 1. The lowest BCUT2D eigenvalue weighted by molar-refractivity contribution is -0.159. The Morgan fingerprint density at radius 2 is 1.60 bits per heavy atom. The van der Waals surface area contributed by atoms with E-state index in [1.807, 2.05) is 0 Å². The maximum atomic E-state index is 13.0. The van der Waals surface area contributed by atoms with E-state index in [2.05, 4.69) is 4.72 Å². The van der Waals surface area contributed by atoms with Gasteiger partial charge in [-0.3, -0.25) is 4.79 Å². The Morgan fingerprint density at radius 3 is 2.04 bits per heavy atom. The molecular formula is C17H26FNO5S. The van der Waals surface area contributed by atoms with Crippen LogP contribution < -0.4 is 4.72 Å². The molecule has 0 fully saturated rings. The van der Waals surface area contributed by atoms with Crippen molar-refractivity contribution < 1.29 is 27.1 Å². The fourth-order valence-electron chi connectivity index (χ4n) is 1.73. The summed E-state index contributed by atoms with van der Waals surface area (Å²) in [6.07, 6.45) is 0. The molecule has 1 aromatic carbocycles. The molecule has 6 nitrogen and oxygen atoms in total. The topological polar surface area (TPSA) is 81.7 Å². The minimum Gasteiger partial charge on any atom is -0.459 e. The third-order valence-corrected chi connectivity index (χ3v) is 4.28. The van der Waals surface area contributed by atoms with Crippen molar-refractivity contribution in [2.75, 3.05) is 6.61 Å². The maximum Gasteiger partial charge on any atom is 0.327 e. The van der Waals surface area contributed by atoms with Gasteiger partial charge in [-0.25, -0.2) is 12.8 Å². The fraction of sp³-hybridized carbons (Fsp3) is 0.588. The Balaban J connectivity index is 3.01. The molecule has 0 aliphatic carbocycles. The van der Waals surface area contributed by atoms with E-state index in [-0.39, 0.29) is 11.5 Å². The van der Waals surface area contributed by atoms with Gasteiger partial charge in [-0.2, -0.15) is 4.72 Å². The van der Waals surface area contributed by atoms with Crippen LogP contribution in [0, 0.1) is 5.82 Å². The van der Waals surface area contributed by atoms with Gasteiger partial charge in [0.15, 0.2) is 0 Å². The molecule has 1 unspecified atom stereocenters. The predicted octanol–water partition coefficient (Wildman–Crippen LogP) is 2.63. The van der Waals surface area contributed by atoms with Crippen LogP contribution in [0.15, 0.2) is 29.2 Å². The number of benzene rings is 1. The van der Waals surface area contributed by atoms with Gasteiger partial charge in [-0.05, 0) is 65.8 Å². The zero-order valence-electron chi connectivity index (χ0n) is 15.4. The molecule has 0 heterocycles. The normalized spacial score (nSPS) is 14.2. The highest BCUT2D eigenvalue weighted by molar-refractivity contribution is 7.89. The van der Waals surface area contributed by atoms with Crippen LogP contribution in [-0.4, -0.2) is 38.2 Å². The summed E-state index contributed by atoms with van der Waals surface area (Å²) in [5.41, 5.74) is -1.35. The van der Waals surface area contributed by atoms with Gasteiger partial charge in [0.2, 0.25) is 10.0 Å². The standard InChI is InChI=1S/C17H26FNO5S/c1-16(2,3)23-11-14(15(20)24-17(4,5)6)19-25(21,22)13-9-7-12(18)8-10-13/h7-10,14,19H,11H2,1-6H3. The van der Waals surface area contributed by atoms with Gasteiger partial charge in [0.25, 0.3) is 0 Å². The van der Waals surface area contributed by atoms with Crippen LogP contribution in [0.5, 0.6) is 0 Å². The molecule has 25 heavy (non-hydrogen) atoms. The summed E-state index contributed by atoms with van der Waals surface area (Å²) in [6, 6.07) is 3.07. The lowest BCUT2D eigenvalue weighted by atomic mass is 10.2. The van der Waals surface area contributed by atoms with Gasteiger partial charge in [0.1, 0.15) is 17.5 Å². The Morgan fingerprint density at radius 1 is 1.08 bits per heavy atom. The maximum absolute atomic E-state index is 13.0. The number of ether oxygens (including phenoxy) is 2. The highest BCUT2D eigenvalue weighted by Gasteiger charge is 2.31. The number of nitrogens with one attached hydrogen (secondary N) is 1. The van der Waals surface area contributed by atoms with E-state index in [1.165, 1.54) is 0 Å². The molecule has 0 saturated carbocycles. The number of sulfonamides is 1. The molecule has 8 heteroatoms. The average Bonchev–Trinajstić information content (AvgIpc) is 2.41. The highest BCUT2D eigenvalue weighted by atomic mass is 32.2. The van der Waals surface area contributed by atoms with Crippen LogP contribution in [0.3, 0.4) is 0 Å². The Labute approximate surface area is 148 Å². The van der Waals surface area contributed by atoms with Crippen LogP contribution in [0.1, 0.15) is 41.5 Å². The third-order valence-electron chi connectivity index (χ3n) is 2.80. The zero-order chi connectivity index (χ0) is 19.5. The van der Waals surface area contributed by atoms with E-state index in [9.17, 15) is 17.6 Å². The van der Waals surface area contributed by atoms with Gasteiger partial charge >= 0.3 is 5.97 Å². The Hall–Kier alpha value is -1.51. The van der Waals surface area contributed by atoms with E-state index >= 15 is 0 Å². The Kier molecular flexibility index (Phi) is 6.72. The molecule has 142 valence electrons. The molecule has 0 aliphatic heterocycles. The van der Waals surface area contributed by atoms with Crippen molar-refractivity contribution in [1.29, 1.82) is 0 Å². The van der Waals surface area contributed by atoms with Crippen LogP contribution >= 0.6 is 0 Å². The second-order valence-electron chi connectivity index (χ2n) is 7.58. The zero-order valence-corrected chi connectivity index (χ0v) is 16.2. The number of esters is 1. The van der Waals surface area contributed by atoms with Crippen LogP contribution in [0.2, 0.25) is 0 Å². The SMILES string of the molecule is CC(C)(C)OCC(NS(=O)(=O)c1ccc(F)cc1)C(=O)OC(C)(C)C. The molecule has 1 atom stereocenters. The molecule has 1 rings (SSSR count). The minimum atomic E-state index is -4.04. The second kappa shape index (κ2) is 7.80. The quantitative estimate of drug-likeness (QED) is 0.773. The minimum absolute atomic E-state index is 0.154. The fourth-order valence-corrected chi connectivity index (χ4v) is 2.89. The van der Waals surface area contributed by atoms with Crippen molar-refractivity contribution in [1.82, 2.24) is 4.72 Å². The van der Waals surface area contributed by atoms with Crippen molar-refractivity contribution in [2.24, 2.45) is 0 Å². The molecule has 1 aromatic rings. The van der Waals surface area contributed by atoms with Gasteiger partial charge in [-0.1, -0.05) is 0 Å². The smallest absolute Gasteiger partial charge is 0.327 e. The van der Waals surface area contributed by atoms with Crippen molar-refractivity contribution >= 4 is 16.0 Å². The van der Waals surface area contributed by atoms with E-state index in [4.69, 9.17) is 9.47 Å². The van der Waals surface area contributed by atoms with Crippen molar-refractivity contribution in [3.05, 3.63) is 30.1 Å². The summed E-state index contributed by atoms with van der Waals surface area (Å²) in [6.45, 7) is 10.2. The van der Waals surface area contributed by atoms with Crippen LogP contribution in [0.4, 0.5) is 4.39 Å². The number of hydrogen-bond acceptors (Lipinski definition) is 5. The molecule has 0 aliphatic rings. The first-order chi connectivity index (χ1) is 11.2. The third kappa shape index (κ3) is 7.94. The summed E-state index contributed by atoms with van der Waals surface area (Å²) in [4.78, 5) is 12.2. The molecular weight excluding hydrogens is 349 g/mol. The van der Waals surface area contributed by atoms with E-state index < -0.39 is 39.1 Å². The molecule has 0 radical (unpaired) electrons. The van der Waals surface area contributed by atoms with Gasteiger partial charge in [0.05, 0.1) is 17.1 Å². The number of carbonyl (C=O) groups is 1. The van der Waals surface area contributed by atoms with Crippen molar-refractivity contribution in [3.63, 3.8) is 0 Å². The average molecular weight is 375 g/mol. The van der Waals surface area contributed by atoms with Gasteiger partial charge < -0.3 is 9.47 Å². The Bertz CT molecular complexity index is 687. The van der Waals surface area contributed by atoms with Crippen LogP contribution in [0.25, 0.3) is 0 Å². The summed E-state index contributed by atoms with van der Waals surface area (Å²) >= 11 is 0. The number of halogens is 1. The van der Waals surface area contributed by atoms with E-state index in [1.54, 1.807) is 41.5 Å². The van der Waals surface area contributed by atoms with Crippen molar-refractivity contribution in [3.8, 4) is 0 Å². The molecule has 0 bridgehead atoms. The summed E-state index contributed by atoms with van der Waals surface area (Å²) in [5, 5.41) is 0. The van der Waals surface area contributed by atoms with E-state index in [0.29, 0.717) is 0 Å². The molecule has 0 spiro atoms. The summed E-state index contributed by atoms with van der Waals surface area (Å²) < 4.78 is 51.0. The summed E-state index contributed by atoms with van der Waals surface area (Å²) in [7, 11) is -4.04. The lowest BCUT2D eigenvalue weighted by Crippen LogP contribution is -2.48. The van der Waals surface area contributed by atoms with Gasteiger partial charge in [-0.15, -0.1) is 0 Å². The highest BCUT2D eigenvalue weighted by Crippen LogP contribution is 2.15. The predicted molar refractivity (Wildman–Crippen MR) is 92.1 cm³/mol. The van der Waals surface area contributed by atoms with Gasteiger partial charge in [0, 0.05) is 0 Å². The second-order valence-corrected chi connectivity index (χ2v) is 9.30. The number of hydrogen-bond donors (Lipinski definition) is 1. The molecule has 0 saturated heterocycles. The summed E-state index contributed by atoms with van der Waals surface area (Å²) in [5.74, 6) is -1.30.